The number of halogens is 1. The van der Waals surface area contributed by atoms with Crippen LogP contribution in [-0.4, -0.2) is 43.1 Å². The molecule has 0 saturated carbocycles. The molecular formula is C14H29IMgO2. The second-order valence-corrected chi connectivity index (χ2v) is 4.75. The zero-order valence-electron chi connectivity index (χ0n) is 12.6. The van der Waals surface area contributed by atoms with Gasteiger partial charge in [-0.3, -0.25) is 0 Å². The van der Waals surface area contributed by atoms with E-state index in [-0.39, 0.29) is 47.0 Å². The fourth-order valence-corrected chi connectivity index (χ4v) is 2.04. The topological polar surface area (TPSA) is 18.5 Å². The SMILES string of the molecule is C[CH-]CC(C)CC(C)CCCOCOCC.[I-].[Mg+2]. The van der Waals surface area contributed by atoms with Crippen molar-refractivity contribution >= 4 is 23.1 Å². The van der Waals surface area contributed by atoms with Gasteiger partial charge in [0.2, 0.25) is 0 Å². The Labute approximate surface area is 147 Å². The third-order valence-electron chi connectivity index (χ3n) is 2.80. The first-order valence-corrected chi connectivity index (χ1v) is 6.64. The van der Waals surface area contributed by atoms with E-state index in [1.807, 2.05) is 6.92 Å². The van der Waals surface area contributed by atoms with E-state index in [0.29, 0.717) is 6.79 Å². The second-order valence-electron chi connectivity index (χ2n) is 4.75. The average molecular weight is 381 g/mol. The Morgan fingerprint density at radius 2 is 1.78 bits per heavy atom. The first-order chi connectivity index (χ1) is 7.70. The fourth-order valence-electron chi connectivity index (χ4n) is 2.04. The van der Waals surface area contributed by atoms with E-state index in [1.54, 1.807) is 0 Å². The summed E-state index contributed by atoms with van der Waals surface area (Å²) in [5.41, 5.74) is 0. The molecule has 2 nitrogen and oxygen atoms in total. The van der Waals surface area contributed by atoms with Crippen molar-refractivity contribution in [2.45, 2.75) is 53.4 Å². The average Bonchev–Trinajstić information content (AvgIpc) is 2.23. The van der Waals surface area contributed by atoms with Gasteiger partial charge in [-0.05, 0) is 25.7 Å². The van der Waals surface area contributed by atoms with Crippen LogP contribution >= 0.6 is 0 Å². The van der Waals surface area contributed by atoms with Crippen molar-refractivity contribution < 1.29 is 33.5 Å². The molecule has 0 amide bonds. The van der Waals surface area contributed by atoms with Gasteiger partial charge in [0.1, 0.15) is 6.79 Å². The van der Waals surface area contributed by atoms with Crippen molar-refractivity contribution in [1.29, 1.82) is 0 Å². The van der Waals surface area contributed by atoms with Crippen LogP contribution in [0, 0.1) is 18.3 Å². The molecule has 0 aliphatic rings. The van der Waals surface area contributed by atoms with Crippen LogP contribution in [0.1, 0.15) is 53.4 Å². The minimum atomic E-state index is 0. The van der Waals surface area contributed by atoms with Gasteiger partial charge in [-0.1, -0.05) is 26.2 Å². The maximum atomic E-state index is 5.35. The fraction of sp³-hybridized carbons (Fsp3) is 0.929. The summed E-state index contributed by atoms with van der Waals surface area (Å²) in [5.74, 6) is 1.63. The maximum Gasteiger partial charge on any atom is 2.00 e. The summed E-state index contributed by atoms with van der Waals surface area (Å²) in [7, 11) is 0. The quantitative estimate of drug-likeness (QED) is 0.173. The molecule has 2 atom stereocenters. The van der Waals surface area contributed by atoms with E-state index in [1.165, 1.54) is 19.3 Å². The van der Waals surface area contributed by atoms with Gasteiger partial charge in [-0.25, -0.2) is 0 Å². The van der Waals surface area contributed by atoms with Crippen LogP contribution in [-0.2, 0) is 9.47 Å². The van der Waals surface area contributed by atoms with Gasteiger partial charge in [-0.15, -0.1) is 0 Å². The molecule has 0 spiro atoms. The molecule has 0 rings (SSSR count). The van der Waals surface area contributed by atoms with Crippen molar-refractivity contribution in [3.8, 4) is 0 Å². The summed E-state index contributed by atoms with van der Waals surface area (Å²) < 4.78 is 10.5. The Balaban J connectivity index is -0.00000112. The number of hydrogen-bond donors (Lipinski definition) is 0. The number of rotatable bonds is 11. The molecule has 2 unspecified atom stereocenters. The van der Waals surface area contributed by atoms with Gasteiger partial charge < -0.3 is 39.9 Å². The molecule has 0 fully saturated rings. The maximum absolute atomic E-state index is 5.35. The van der Waals surface area contributed by atoms with Crippen LogP contribution in [0.15, 0.2) is 0 Å². The third kappa shape index (κ3) is 17.4. The summed E-state index contributed by atoms with van der Waals surface area (Å²) in [5, 5.41) is 0. The molecule has 0 aromatic rings. The first-order valence-electron chi connectivity index (χ1n) is 6.64. The van der Waals surface area contributed by atoms with Gasteiger partial charge in [0, 0.05) is 13.2 Å². The molecule has 4 heteroatoms. The van der Waals surface area contributed by atoms with Crippen LogP contribution in [0.25, 0.3) is 0 Å². The van der Waals surface area contributed by atoms with Crippen LogP contribution < -0.4 is 24.0 Å². The first kappa shape index (κ1) is 24.4. The van der Waals surface area contributed by atoms with Crippen LogP contribution in [0.5, 0.6) is 0 Å². The summed E-state index contributed by atoms with van der Waals surface area (Å²) >= 11 is 0. The molecule has 106 valence electrons. The Kier molecular flexibility index (Phi) is 25.0. The van der Waals surface area contributed by atoms with E-state index in [4.69, 9.17) is 9.47 Å². The van der Waals surface area contributed by atoms with Gasteiger partial charge >= 0.3 is 23.1 Å². The molecular weight excluding hydrogens is 351 g/mol. The van der Waals surface area contributed by atoms with E-state index >= 15 is 0 Å². The minimum Gasteiger partial charge on any atom is -1.00 e. The smallest absolute Gasteiger partial charge is 1.00 e. The minimum absolute atomic E-state index is 0. The Hall–Kier alpha value is 1.42. The van der Waals surface area contributed by atoms with Crippen LogP contribution in [0.4, 0.5) is 0 Å². The van der Waals surface area contributed by atoms with Crippen molar-refractivity contribution in [2.75, 3.05) is 20.0 Å². The van der Waals surface area contributed by atoms with E-state index in [9.17, 15) is 0 Å². The molecule has 0 radical (unpaired) electrons. The van der Waals surface area contributed by atoms with Gasteiger partial charge in [0.25, 0.3) is 0 Å². The summed E-state index contributed by atoms with van der Waals surface area (Å²) in [4.78, 5) is 0. The van der Waals surface area contributed by atoms with E-state index < -0.39 is 0 Å². The van der Waals surface area contributed by atoms with E-state index in [0.717, 1.165) is 31.5 Å². The predicted octanol–water partition coefficient (Wildman–Crippen LogP) is 0.677. The molecule has 18 heavy (non-hydrogen) atoms. The normalized spacial score (nSPS) is 13.3. The third-order valence-corrected chi connectivity index (χ3v) is 2.80. The van der Waals surface area contributed by atoms with Crippen LogP contribution in [0.3, 0.4) is 0 Å². The molecule has 0 aromatic heterocycles. The number of ether oxygens (including phenoxy) is 2. The molecule has 0 aromatic carbocycles. The molecule has 0 N–H and O–H groups in total. The molecule has 0 aliphatic carbocycles. The monoisotopic (exact) mass is 380 g/mol. The molecule has 0 heterocycles. The Morgan fingerprint density at radius 3 is 2.33 bits per heavy atom. The standard InChI is InChI=1S/C14H29O2.HI.Mg/c1-5-8-13(3)11-14(4)9-7-10-16-12-15-6-2;;/h5,13-14H,6-12H2,1-4H3;1H;/q-1;;+2/p-1. The van der Waals surface area contributed by atoms with Crippen molar-refractivity contribution in [3.63, 3.8) is 0 Å². The Morgan fingerprint density at radius 1 is 1.11 bits per heavy atom. The summed E-state index contributed by atoms with van der Waals surface area (Å²) in [6, 6.07) is 0. The predicted molar refractivity (Wildman–Crippen MR) is 75.0 cm³/mol. The molecule has 0 bridgehead atoms. The second kappa shape index (κ2) is 18.4. The number of hydrogen-bond acceptors (Lipinski definition) is 2. The zero-order chi connectivity index (χ0) is 12.2. The van der Waals surface area contributed by atoms with Gasteiger partial charge in [-0.2, -0.15) is 13.3 Å². The molecule has 0 aliphatic heterocycles. The van der Waals surface area contributed by atoms with Gasteiger partial charge in [0.05, 0.1) is 0 Å². The largest absolute Gasteiger partial charge is 2.00 e. The summed E-state index contributed by atoms with van der Waals surface area (Å²) in [6.07, 6.45) is 7.25. The molecule has 0 saturated heterocycles. The van der Waals surface area contributed by atoms with Crippen molar-refractivity contribution in [2.24, 2.45) is 11.8 Å². The van der Waals surface area contributed by atoms with Crippen molar-refractivity contribution in [3.05, 3.63) is 6.42 Å². The van der Waals surface area contributed by atoms with Gasteiger partial charge in [0.15, 0.2) is 0 Å². The summed E-state index contributed by atoms with van der Waals surface area (Å²) in [6.45, 7) is 10.8. The van der Waals surface area contributed by atoms with E-state index in [2.05, 4.69) is 27.2 Å². The van der Waals surface area contributed by atoms with Crippen LogP contribution in [0.2, 0.25) is 0 Å². The zero-order valence-corrected chi connectivity index (χ0v) is 16.2. The Bertz CT molecular complexity index is 148. The van der Waals surface area contributed by atoms with Crippen molar-refractivity contribution in [1.82, 2.24) is 0 Å².